The smallest absolute Gasteiger partial charge is 0.251 e. The number of nitrogens with two attached hydrogens (primary N) is 1. The first-order valence-corrected chi connectivity index (χ1v) is 7.60. The molecular weight excluding hydrogens is 250 g/mol. The summed E-state index contributed by atoms with van der Waals surface area (Å²) in [5.41, 5.74) is 6.99. The van der Waals surface area contributed by atoms with Crippen LogP contribution in [0.5, 0.6) is 0 Å². The second-order valence-corrected chi connectivity index (χ2v) is 5.61. The van der Waals surface area contributed by atoms with Gasteiger partial charge in [0.2, 0.25) is 0 Å². The van der Waals surface area contributed by atoms with Gasteiger partial charge in [-0.25, -0.2) is 4.98 Å². The minimum absolute atomic E-state index is 0.202. The third kappa shape index (κ3) is 4.83. The first kappa shape index (κ1) is 14.6. The van der Waals surface area contributed by atoms with Gasteiger partial charge in [0.25, 0.3) is 5.91 Å². The van der Waals surface area contributed by atoms with E-state index in [1.54, 1.807) is 18.4 Å². The number of carbonyl (C=O) groups is 1. The summed E-state index contributed by atoms with van der Waals surface area (Å²) < 4.78 is 10.9. The lowest BCUT2D eigenvalue weighted by Crippen LogP contribution is -2.27. The molecule has 0 spiro atoms. The van der Waals surface area contributed by atoms with Gasteiger partial charge < -0.3 is 11.1 Å². The van der Waals surface area contributed by atoms with Crippen molar-refractivity contribution in [1.82, 2.24) is 10.3 Å². The molecule has 3 N–H and O–H groups in total. The van der Waals surface area contributed by atoms with Gasteiger partial charge in [-0.2, -0.15) is 0 Å². The second-order valence-electron chi connectivity index (χ2n) is 4.06. The Bertz CT molecular complexity index is 449. The van der Waals surface area contributed by atoms with E-state index in [1.165, 1.54) is 0 Å². The number of hydrogen-bond acceptors (Lipinski definition) is 4. The standard InChI is InChI=1S/C12H19N3O2S/c1-3-4-10-7-9(8-11(13)15-10)12(16)14-5-6-18(2)17/h7-8H,3-6H2,1-2H3,(H2,13,15)(H,14,16). The predicted octanol–water partition coefficient (Wildman–Crippen LogP) is 0.725. The minimum Gasteiger partial charge on any atom is -0.384 e. The Morgan fingerprint density at radius 2 is 2.22 bits per heavy atom. The molecule has 6 heteroatoms. The lowest BCUT2D eigenvalue weighted by molar-refractivity contribution is 0.0956. The summed E-state index contributed by atoms with van der Waals surface area (Å²) in [4.78, 5) is 16.0. The van der Waals surface area contributed by atoms with Crippen LogP contribution in [0.4, 0.5) is 5.82 Å². The van der Waals surface area contributed by atoms with Crippen LogP contribution in [0.3, 0.4) is 0 Å². The number of nitrogens with one attached hydrogen (secondary N) is 1. The molecule has 1 atom stereocenters. The van der Waals surface area contributed by atoms with Gasteiger partial charge >= 0.3 is 0 Å². The number of anilines is 1. The number of rotatable bonds is 6. The van der Waals surface area contributed by atoms with Crippen molar-refractivity contribution >= 4 is 22.5 Å². The number of aromatic nitrogens is 1. The lowest BCUT2D eigenvalue weighted by Gasteiger charge is -2.07. The molecule has 1 aromatic heterocycles. The molecule has 100 valence electrons. The topological polar surface area (TPSA) is 85.1 Å². The van der Waals surface area contributed by atoms with E-state index in [1.807, 2.05) is 6.92 Å². The molecule has 1 heterocycles. The van der Waals surface area contributed by atoms with Crippen molar-refractivity contribution in [1.29, 1.82) is 0 Å². The third-order valence-electron chi connectivity index (χ3n) is 2.34. The predicted molar refractivity (Wildman–Crippen MR) is 73.9 cm³/mol. The van der Waals surface area contributed by atoms with Gasteiger partial charge in [0.05, 0.1) is 0 Å². The number of amides is 1. The molecule has 1 aromatic rings. The molecule has 0 fully saturated rings. The average molecular weight is 269 g/mol. The van der Waals surface area contributed by atoms with E-state index in [4.69, 9.17) is 5.73 Å². The normalized spacial score (nSPS) is 12.1. The maximum atomic E-state index is 11.8. The van der Waals surface area contributed by atoms with Gasteiger partial charge in [-0.15, -0.1) is 0 Å². The van der Waals surface area contributed by atoms with Crippen molar-refractivity contribution < 1.29 is 9.00 Å². The SMILES string of the molecule is CCCc1cc(C(=O)NCCS(C)=O)cc(N)n1. The second kappa shape index (κ2) is 7.10. The molecule has 0 aromatic carbocycles. The van der Waals surface area contributed by atoms with Crippen LogP contribution < -0.4 is 11.1 Å². The Balaban J connectivity index is 2.69. The van der Waals surface area contributed by atoms with Crippen molar-refractivity contribution in [2.24, 2.45) is 0 Å². The van der Waals surface area contributed by atoms with Gasteiger partial charge in [0, 0.05) is 40.6 Å². The molecule has 1 amide bonds. The van der Waals surface area contributed by atoms with Crippen LogP contribution in [0.25, 0.3) is 0 Å². The van der Waals surface area contributed by atoms with E-state index >= 15 is 0 Å². The fraction of sp³-hybridized carbons (Fsp3) is 0.500. The molecule has 0 aliphatic heterocycles. The van der Waals surface area contributed by atoms with Crippen molar-refractivity contribution in [3.05, 3.63) is 23.4 Å². The molecule has 0 radical (unpaired) electrons. The number of nitrogens with zero attached hydrogens (tertiary/aromatic N) is 1. The summed E-state index contributed by atoms with van der Waals surface area (Å²) in [5, 5.41) is 2.71. The molecular formula is C12H19N3O2S. The summed E-state index contributed by atoms with van der Waals surface area (Å²) in [6.07, 6.45) is 3.35. The first-order valence-electron chi connectivity index (χ1n) is 5.87. The zero-order valence-electron chi connectivity index (χ0n) is 10.7. The van der Waals surface area contributed by atoms with Crippen LogP contribution in [0.15, 0.2) is 12.1 Å². The van der Waals surface area contributed by atoms with Crippen LogP contribution >= 0.6 is 0 Å². The number of pyridine rings is 1. The first-order chi connectivity index (χ1) is 8.52. The maximum Gasteiger partial charge on any atom is 0.251 e. The van der Waals surface area contributed by atoms with E-state index in [9.17, 15) is 9.00 Å². The molecule has 5 nitrogen and oxygen atoms in total. The molecule has 1 rings (SSSR count). The summed E-state index contributed by atoms with van der Waals surface area (Å²) >= 11 is 0. The number of nitrogen functional groups attached to an aromatic ring is 1. The monoisotopic (exact) mass is 269 g/mol. The van der Waals surface area contributed by atoms with E-state index in [-0.39, 0.29) is 5.91 Å². The molecule has 1 unspecified atom stereocenters. The zero-order chi connectivity index (χ0) is 13.5. The number of carbonyl (C=O) groups excluding carboxylic acids is 1. The van der Waals surface area contributed by atoms with Crippen molar-refractivity contribution in [2.45, 2.75) is 19.8 Å². The Hall–Kier alpha value is -1.43. The van der Waals surface area contributed by atoms with Crippen LogP contribution in [-0.4, -0.2) is 33.7 Å². The Morgan fingerprint density at radius 1 is 1.50 bits per heavy atom. The highest BCUT2D eigenvalue weighted by Gasteiger charge is 2.08. The van der Waals surface area contributed by atoms with Gasteiger partial charge in [-0.3, -0.25) is 9.00 Å². The summed E-state index contributed by atoms with van der Waals surface area (Å²) in [6, 6.07) is 3.30. The number of aryl methyl sites for hydroxylation is 1. The summed E-state index contributed by atoms with van der Waals surface area (Å²) in [5.74, 6) is 0.603. The largest absolute Gasteiger partial charge is 0.384 e. The molecule has 0 saturated carbocycles. The van der Waals surface area contributed by atoms with Gasteiger partial charge in [0.15, 0.2) is 0 Å². The summed E-state index contributed by atoms with van der Waals surface area (Å²) in [6.45, 7) is 2.44. The zero-order valence-corrected chi connectivity index (χ0v) is 11.5. The fourth-order valence-corrected chi connectivity index (χ4v) is 1.93. The Morgan fingerprint density at radius 3 is 2.83 bits per heavy atom. The third-order valence-corrected chi connectivity index (χ3v) is 3.12. The highest BCUT2D eigenvalue weighted by atomic mass is 32.2. The van der Waals surface area contributed by atoms with Gasteiger partial charge in [0.1, 0.15) is 5.82 Å². The molecule has 18 heavy (non-hydrogen) atoms. The van der Waals surface area contributed by atoms with E-state index in [2.05, 4.69) is 10.3 Å². The van der Waals surface area contributed by atoms with Gasteiger partial charge in [-0.1, -0.05) is 13.3 Å². The van der Waals surface area contributed by atoms with E-state index < -0.39 is 10.8 Å². The average Bonchev–Trinajstić information content (AvgIpc) is 2.28. The fourth-order valence-electron chi connectivity index (χ4n) is 1.54. The van der Waals surface area contributed by atoms with Crippen LogP contribution in [-0.2, 0) is 17.2 Å². The highest BCUT2D eigenvalue weighted by Crippen LogP contribution is 2.09. The Labute approximate surface area is 110 Å². The summed E-state index contributed by atoms with van der Waals surface area (Å²) in [7, 11) is -0.902. The van der Waals surface area contributed by atoms with Gasteiger partial charge in [-0.05, 0) is 18.6 Å². The van der Waals surface area contributed by atoms with E-state index in [0.29, 0.717) is 23.7 Å². The van der Waals surface area contributed by atoms with Crippen molar-refractivity contribution in [3.8, 4) is 0 Å². The highest BCUT2D eigenvalue weighted by molar-refractivity contribution is 7.84. The minimum atomic E-state index is -0.902. The lowest BCUT2D eigenvalue weighted by atomic mass is 10.1. The van der Waals surface area contributed by atoms with Crippen molar-refractivity contribution in [2.75, 3.05) is 24.3 Å². The maximum absolute atomic E-state index is 11.8. The van der Waals surface area contributed by atoms with Crippen LogP contribution in [0, 0.1) is 0 Å². The molecule has 0 aliphatic rings. The molecule has 0 bridgehead atoms. The quantitative estimate of drug-likeness (QED) is 0.797. The number of hydrogen-bond donors (Lipinski definition) is 2. The Kier molecular flexibility index (Phi) is 5.77. The molecule has 0 aliphatic carbocycles. The van der Waals surface area contributed by atoms with E-state index in [0.717, 1.165) is 18.5 Å². The molecule has 0 saturated heterocycles. The van der Waals surface area contributed by atoms with Crippen molar-refractivity contribution in [3.63, 3.8) is 0 Å². The van der Waals surface area contributed by atoms with Crippen LogP contribution in [0.2, 0.25) is 0 Å². The van der Waals surface area contributed by atoms with Crippen LogP contribution in [0.1, 0.15) is 29.4 Å².